The maximum atomic E-state index is 12.3. The van der Waals surface area contributed by atoms with Crippen molar-refractivity contribution in [3.8, 4) is 6.07 Å². The molecular formula is C13H14N2O5S. The largest absolute Gasteiger partial charge is 0.478 e. The summed E-state index contributed by atoms with van der Waals surface area (Å²) >= 11 is 0. The second-order valence-electron chi connectivity index (χ2n) is 4.61. The Hall–Kier alpha value is -1.95. The Kier molecular flexibility index (Phi) is 4.57. The molecule has 0 aliphatic carbocycles. The number of rotatable bonds is 4. The Morgan fingerprint density at radius 2 is 2.29 bits per heavy atom. The van der Waals surface area contributed by atoms with Crippen LogP contribution in [0.2, 0.25) is 0 Å². The van der Waals surface area contributed by atoms with Crippen LogP contribution in [0.3, 0.4) is 0 Å². The first-order valence-electron chi connectivity index (χ1n) is 6.23. The smallest absolute Gasteiger partial charge is 0.335 e. The van der Waals surface area contributed by atoms with Crippen molar-refractivity contribution in [1.29, 1.82) is 5.26 Å². The van der Waals surface area contributed by atoms with E-state index >= 15 is 0 Å². The molecule has 0 bridgehead atoms. The van der Waals surface area contributed by atoms with E-state index in [0.717, 1.165) is 0 Å². The summed E-state index contributed by atoms with van der Waals surface area (Å²) in [5, 5.41) is 17.7. The zero-order valence-electron chi connectivity index (χ0n) is 11.1. The highest BCUT2D eigenvalue weighted by atomic mass is 32.2. The number of sulfonamides is 1. The molecule has 1 unspecified atom stereocenters. The lowest BCUT2D eigenvalue weighted by Crippen LogP contribution is -2.45. The molecule has 1 fully saturated rings. The molecule has 0 amide bonds. The first kappa shape index (κ1) is 15.4. The monoisotopic (exact) mass is 310 g/mol. The van der Waals surface area contributed by atoms with Gasteiger partial charge in [-0.25, -0.2) is 13.2 Å². The van der Waals surface area contributed by atoms with Gasteiger partial charge in [0.1, 0.15) is 0 Å². The van der Waals surface area contributed by atoms with Crippen molar-refractivity contribution in [3.63, 3.8) is 0 Å². The highest BCUT2D eigenvalue weighted by molar-refractivity contribution is 7.88. The van der Waals surface area contributed by atoms with Crippen molar-refractivity contribution in [2.24, 2.45) is 0 Å². The Bertz CT molecular complexity index is 680. The van der Waals surface area contributed by atoms with E-state index in [9.17, 15) is 13.2 Å². The number of ether oxygens (including phenoxy) is 1. The molecule has 1 N–H and O–H groups in total. The van der Waals surface area contributed by atoms with E-state index < -0.39 is 22.1 Å². The minimum atomic E-state index is -3.61. The number of hydrogen-bond donors (Lipinski definition) is 1. The zero-order valence-corrected chi connectivity index (χ0v) is 11.9. The molecule has 21 heavy (non-hydrogen) atoms. The minimum absolute atomic E-state index is 0.00253. The van der Waals surface area contributed by atoms with Crippen LogP contribution in [0.1, 0.15) is 15.9 Å². The lowest BCUT2D eigenvalue weighted by molar-refractivity contribution is 0.0311. The average molecular weight is 310 g/mol. The Balaban J connectivity index is 2.16. The van der Waals surface area contributed by atoms with Gasteiger partial charge >= 0.3 is 5.97 Å². The third-order valence-electron chi connectivity index (χ3n) is 3.09. The van der Waals surface area contributed by atoms with Gasteiger partial charge in [0, 0.05) is 6.54 Å². The molecular weight excluding hydrogens is 296 g/mol. The van der Waals surface area contributed by atoms with Crippen LogP contribution in [0.5, 0.6) is 0 Å². The van der Waals surface area contributed by atoms with Crippen molar-refractivity contribution >= 4 is 16.0 Å². The van der Waals surface area contributed by atoms with Crippen molar-refractivity contribution in [2.45, 2.75) is 11.9 Å². The number of nitrogens with zero attached hydrogens (tertiary/aromatic N) is 2. The van der Waals surface area contributed by atoms with E-state index in [4.69, 9.17) is 15.1 Å². The van der Waals surface area contributed by atoms with E-state index in [1.165, 1.54) is 22.5 Å². The van der Waals surface area contributed by atoms with Crippen LogP contribution in [0.15, 0.2) is 24.3 Å². The maximum Gasteiger partial charge on any atom is 0.335 e. The van der Waals surface area contributed by atoms with Gasteiger partial charge in [-0.1, -0.05) is 12.1 Å². The summed E-state index contributed by atoms with van der Waals surface area (Å²) in [6, 6.07) is 7.69. The summed E-state index contributed by atoms with van der Waals surface area (Å²) in [5.41, 5.74) is 0.439. The van der Waals surface area contributed by atoms with Gasteiger partial charge in [-0.15, -0.1) is 0 Å². The highest BCUT2D eigenvalue weighted by Gasteiger charge is 2.29. The Morgan fingerprint density at radius 3 is 2.95 bits per heavy atom. The molecule has 2 rings (SSSR count). The van der Waals surface area contributed by atoms with Gasteiger partial charge in [-0.05, 0) is 17.7 Å². The molecule has 1 aromatic rings. The lowest BCUT2D eigenvalue weighted by atomic mass is 10.1. The molecule has 1 atom stereocenters. The average Bonchev–Trinajstić information content (AvgIpc) is 2.47. The summed E-state index contributed by atoms with van der Waals surface area (Å²) in [5.74, 6) is -1.41. The Labute approximate surface area is 122 Å². The molecule has 0 saturated carbocycles. The lowest BCUT2D eigenvalue weighted by Gasteiger charge is -2.28. The molecule has 0 radical (unpaired) electrons. The summed E-state index contributed by atoms with van der Waals surface area (Å²) in [7, 11) is -3.61. The summed E-state index contributed by atoms with van der Waals surface area (Å²) < 4.78 is 30.9. The van der Waals surface area contributed by atoms with Crippen molar-refractivity contribution in [2.75, 3.05) is 19.7 Å². The summed E-state index contributed by atoms with van der Waals surface area (Å²) in [6.45, 7) is 0.364. The van der Waals surface area contributed by atoms with Gasteiger partial charge in [-0.3, -0.25) is 0 Å². The Morgan fingerprint density at radius 1 is 1.52 bits per heavy atom. The van der Waals surface area contributed by atoms with Crippen molar-refractivity contribution in [3.05, 3.63) is 35.4 Å². The molecule has 1 aliphatic heterocycles. The number of morpholine rings is 1. The standard InChI is InChI=1S/C13H14N2O5S/c14-7-12-8-15(4-5-20-12)21(18,19)9-10-2-1-3-11(6-10)13(16)17/h1-3,6,12H,4-5,8-9H2,(H,16,17). The van der Waals surface area contributed by atoms with Gasteiger partial charge in [0.15, 0.2) is 6.10 Å². The van der Waals surface area contributed by atoms with Crippen LogP contribution >= 0.6 is 0 Å². The number of nitriles is 1. The van der Waals surface area contributed by atoms with Crippen LogP contribution < -0.4 is 0 Å². The zero-order chi connectivity index (χ0) is 15.5. The molecule has 1 aromatic carbocycles. The van der Waals surface area contributed by atoms with Crippen molar-refractivity contribution in [1.82, 2.24) is 4.31 Å². The fourth-order valence-corrected chi connectivity index (χ4v) is 3.55. The normalized spacial score (nSPS) is 19.9. The maximum absolute atomic E-state index is 12.3. The molecule has 8 heteroatoms. The van der Waals surface area contributed by atoms with Crippen molar-refractivity contribution < 1.29 is 23.1 Å². The van der Waals surface area contributed by atoms with E-state index in [1.54, 1.807) is 6.07 Å². The third-order valence-corrected chi connectivity index (χ3v) is 4.91. The molecule has 0 spiro atoms. The number of carboxylic acids is 1. The molecule has 1 aliphatic rings. The van der Waals surface area contributed by atoms with E-state index in [1.807, 2.05) is 6.07 Å². The second kappa shape index (κ2) is 6.22. The molecule has 7 nitrogen and oxygen atoms in total. The van der Waals surface area contributed by atoms with Crippen LogP contribution in [-0.2, 0) is 20.5 Å². The summed E-state index contributed by atoms with van der Waals surface area (Å²) in [6.07, 6.45) is -0.765. The fourth-order valence-electron chi connectivity index (χ4n) is 2.05. The quantitative estimate of drug-likeness (QED) is 0.864. The first-order chi connectivity index (χ1) is 9.92. The summed E-state index contributed by atoms with van der Waals surface area (Å²) in [4.78, 5) is 10.9. The molecule has 1 saturated heterocycles. The topological polar surface area (TPSA) is 108 Å². The van der Waals surface area contributed by atoms with Gasteiger partial charge in [0.2, 0.25) is 10.0 Å². The van der Waals surface area contributed by atoms with Gasteiger partial charge in [0.25, 0.3) is 0 Å². The van der Waals surface area contributed by atoms with Gasteiger partial charge < -0.3 is 9.84 Å². The number of carboxylic acid groups (broad SMARTS) is 1. The molecule has 112 valence electrons. The SMILES string of the molecule is N#CC1CN(S(=O)(=O)Cc2cccc(C(=O)O)c2)CCO1. The second-order valence-corrected chi connectivity index (χ2v) is 6.58. The number of benzene rings is 1. The highest BCUT2D eigenvalue weighted by Crippen LogP contribution is 2.16. The van der Waals surface area contributed by atoms with Crippen LogP contribution in [0.4, 0.5) is 0 Å². The fraction of sp³-hybridized carbons (Fsp3) is 0.385. The van der Waals surface area contributed by atoms with E-state index in [2.05, 4.69) is 0 Å². The predicted molar refractivity (Wildman–Crippen MR) is 73.0 cm³/mol. The van der Waals surface area contributed by atoms with E-state index in [0.29, 0.717) is 5.56 Å². The third kappa shape index (κ3) is 3.78. The van der Waals surface area contributed by atoms with Crippen LogP contribution in [0.25, 0.3) is 0 Å². The molecule has 0 aromatic heterocycles. The van der Waals surface area contributed by atoms with Gasteiger partial charge in [-0.2, -0.15) is 9.57 Å². The number of hydrogen-bond acceptors (Lipinski definition) is 5. The van der Waals surface area contributed by atoms with E-state index in [-0.39, 0.29) is 31.0 Å². The molecule has 1 heterocycles. The number of aromatic carboxylic acids is 1. The minimum Gasteiger partial charge on any atom is -0.478 e. The van der Waals surface area contributed by atoms with Gasteiger partial charge in [0.05, 0.1) is 30.5 Å². The number of carbonyl (C=O) groups is 1. The predicted octanol–water partition coefficient (Wildman–Crippen LogP) is 0.439. The first-order valence-corrected chi connectivity index (χ1v) is 7.84. The van der Waals surface area contributed by atoms with Crippen LogP contribution in [0, 0.1) is 11.3 Å². The van der Waals surface area contributed by atoms with Crippen LogP contribution in [-0.4, -0.2) is 49.6 Å².